The predicted octanol–water partition coefficient (Wildman–Crippen LogP) is 2.63. The van der Waals surface area contributed by atoms with Gasteiger partial charge in [0, 0.05) is 11.1 Å². The van der Waals surface area contributed by atoms with E-state index in [0.717, 1.165) is 16.9 Å². The van der Waals surface area contributed by atoms with Gasteiger partial charge >= 0.3 is 0 Å². The molecule has 1 amide bonds. The van der Waals surface area contributed by atoms with E-state index in [1.54, 1.807) is 0 Å². The van der Waals surface area contributed by atoms with Gasteiger partial charge in [0.15, 0.2) is 0 Å². The molecule has 0 bridgehead atoms. The summed E-state index contributed by atoms with van der Waals surface area (Å²) in [6.07, 6.45) is 1.86. The molecule has 2 aromatic carbocycles. The average molecular weight is 289 g/mol. The van der Waals surface area contributed by atoms with Crippen LogP contribution in [0.3, 0.4) is 0 Å². The van der Waals surface area contributed by atoms with Crippen LogP contribution in [0.5, 0.6) is 5.75 Å². The van der Waals surface area contributed by atoms with Crippen molar-refractivity contribution in [3.05, 3.63) is 71.3 Å². The summed E-state index contributed by atoms with van der Waals surface area (Å²) in [6.45, 7) is 0.599. The van der Waals surface area contributed by atoms with Crippen LogP contribution in [0.25, 0.3) is 6.08 Å². The lowest BCUT2D eigenvalue weighted by atomic mass is 10.1. The Morgan fingerprint density at radius 2 is 1.86 bits per heavy atom. The first kappa shape index (κ1) is 14.0. The van der Waals surface area contributed by atoms with E-state index >= 15 is 0 Å². The van der Waals surface area contributed by atoms with E-state index in [1.165, 1.54) is 0 Å². The van der Waals surface area contributed by atoms with Crippen LogP contribution in [0.1, 0.15) is 11.1 Å². The molecule has 0 radical (unpaired) electrons. The van der Waals surface area contributed by atoms with Crippen LogP contribution >= 0.6 is 0 Å². The zero-order chi connectivity index (χ0) is 15.2. The van der Waals surface area contributed by atoms with Crippen LogP contribution < -0.4 is 10.1 Å². The molecule has 0 spiro atoms. The fraction of sp³-hybridized carbons (Fsp3) is 0.105. The number of nitrogens with one attached hydrogen (secondary N) is 1. The van der Waals surface area contributed by atoms with Gasteiger partial charge in [0.1, 0.15) is 12.4 Å². The Balaban J connectivity index is 1.60. The van der Waals surface area contributed by atoms with E-state index in [9.17, 15) is 4.79 Å². The fourth-order valence-electron chi connectivity index (χ4n) is 2.15. The molecule has 1 N–H and O–H groups in total. The highest BCUT2D eigenvalue weighted by Gasteiger charge is 2.15. The Morgan fingerprint density at radius 3 is 2.73 bits per heavy atom. The number of para-hydroxylation sites is 1. The zero-order valence-corrected chi connectivity index (χ0v) is 12.0. The molecule has 0 unspecified atom stereocenters. The fourth-order valence-corrected chi connectivity index (χ4v) is 2.15. The lowest BCUT2D eigenvalue weighted by Crippen LogP contribution is -2.28. The van der Waals surface area contributed by atoms with E-state index in [0.29, 0.717) is 12.1 Å². The van der Waals surface area contributed by atoms with Crippen LogP contribution in [0.4, 0.5) is 0 Å². The summed E-state index contributed by atoms with van der Waals surface area (Å²) in [5.41, 5.74) is 2.47. The van der Waals surface area contributed by atoms with Gasteiger partial charge in [0.25, 0.3) is 5.91 Å². The third kappa shape index (κ3) is 3.36. The van der Waals surface area contributed by atoms with Crippen molar-refractivity contribution >= 4 is 12.0 Å². The van der Waals surface area contributed by atoms with Crippen molar-refractivity contribution in [1.82, 2.24) is 5.32 Å². The maximum absolute atomic E-state index is 12.1. The lowest BCUT2D eigenvalue weighted by Gasteiger charge is -2.16. The second-order valence-electron chi connectivity index (χ2n) is 4.85. The van der Waals surface area contributed by atoms with Gasteiger partial charge in [-0.1, -0.05) is 48.2 Å². The number of fused-ring (bicyclic) bond motifs is 1. The Kier molecular flexibility index (Phi) is 4.22. The van der Waals surface area contributed by atoms with Crippen LogP contribution in [0.2, 0.25) is 0 Å². The highest BCUT2D eigenvalue weighted by molar-refractivity contribution is 5.99. The van der Waals surface area contributed by atoms with Crippen LogP contribution in [0, 0.1) is 11.8 Å². The number of hydrogen-bond acceptors (Lipinski definition) is 2. The first-order valence-corrected chi connectivity index (χ1v) is 7.07. The van der Waals surface area contributed by atoms with Crippen molar-refractivity contribution in [2.24, 2.45) is 0 Å². The lowest BCUT2D eigenvalue weighted by molar-refractivity contribution is -0.117. The Bertz CT molecular complexity index is 767. The summed E-state index contributed by atoms with van der Waals surface area (Å²) < 4.78 is 5.57. The molecule has 108 valence electrons. The molecule has 3 heteroatoms. The molecule has 2 aromatic rings. The topological polar surface area (TPSA) is 38.3 Å². The predicted molar refractivity (Wildman–Crippen MR) is 86.2 cm³/mol. The third-order valence-corrected chi connectivity index (χ3v) is 3.27. The molecule has 0 saturated carbocycles. The molecule has 0 saturated heterocycles. The second-order valence-corrected chi connectivity index (χ2v) is 4.85. The van der Waals surface area contributed by atoms with Gasteiger partial charge in [-0.15, -0.1) is 0 Å². The summed E-state index contributed by atoms with van der Waals surface area (Å²) in [6, 6.07) is 17.3. The van der Waals surface area contributed by atoms with Gasteiger partial charge < -0.3 is 10.1 Å². The average Bonchev–Trinajstić information content (AvgIpc) is 2.59. The molecular formula is C19H15NO2. The number of rotatable bonds is 2. The molecule has 1 aliphatic heterocycles. The summed E-state index contributed by atoms with van der Waals surface area (Å²) in [5, 5.41) is 2.79. The van der Waals surface area contributed by atoms with Gasteiger partial charge in [-0.3, -0.25) is 4.79 Å². The van der Waals surface area contributed by atoms with E-state index in [4.69, 9.17) is 4.74 Å². The van der Waals surface area contributed by atoms with Crippen LogP contribution in [0.15, 0.2) is 60.2 Å². The van der Waals surface area contributed by atoms with Gasteiger partial charge in [-0.2, -0.15) is 0 Å². The number of hydrogen-bond donors (Lipinski definition) is 1. The summed E-state index contributed by atoms with van der Waals surface area (Å²) in [5.74, 6) is 6.61. The number of ether oxygens (including phenoxy) is 1. The van der Waals surface area contributed by atoms with E-state index < -0.39 is 0 Å². The molecule has 22 heavy (non-hydrogen) atoms. The van der Waals surface area contributed by atoms with Crippen LogP contribution in [-0.2, 0) is 4.79 Å². The van der Waals surface area contributed by atoms with Crippen LogP contribution in [-0.4, -0.2) is 19.1 Å². The summed E-state index contributed by atoms with van der Waals surface area (Å²) in [7, 11) is 0. The largest absolute Gasteiger partial charge is 0.488 e. The first-order valence-electron chi connectivity index (χ1n) is 7.07. The Hall–Kier alpha value is -2.99. The SMILES string of the molecule is O=C(NCC#Cc1ccccc1)C1=Cc2ccccc2OC1. The minimum atomic E-state index is -0.142. The number of benzene rings is 2. The van der Waals surface area contributed by atoms with E-state index in [2.05, 4.69) is 17.2 Å². The van der Waals surface area contributed by atoms with Crippen molar-refractivity contribution in [3.8, 4) is 17.6 Å². The van der Waals surface area contributed by atoms with E-state index in [1.807, 2.05) is 60.7 Å². The molecule has 3 rings (SSSR count). The normalized spacial score (nSPS) is 12.1. The highest BCUT2D eigenvalue weighted by atomic mass is 16.5. The number of carbonyl (C=O) groups excluding carboxylic acids is 1. The Labute approximate surface area is 129 Å². The monoisotopic (exact) mass is 289 g/mol. The first-order chi connectivity index (χ1) is 10.8. The van der Waals surface area contributed by atoms with Crippen molar-refractivity contribution in [2.75, 3.05) is 13.2 Å². The van der Waals surface area contributed by atoms with Crippen molar-refractivity contribution in [2.45, 2.75) is 0 Å². The van der Waals surface area contributed by atoms with Gasteiger partial charge in [0.05, 0.1) is 12.1 Å². The molecule has 3 nitrogen and oxygen atoms in total. The minimum Gasteiger partial charge on any atom is -0.488 e. The summed E-state index contributed by atoms with van der Waals surface area (Å²) >= 11 is 0. The van der Waals surface area contributed by atoms with Crippen molar-refractivity contribution in [3.63, 3.8) is 0 Å². The minimum absolute atomic E-state index is 0.142. The molecule has 1 heterocycles. The smallest absolute Gasteiger partial charge is 0.251 e. The summed E-state index contributed by atoms with van der Waals surface area (Å²) in [4.78, 5) is 12.1. The molecule has 1 aliphatic rings. The molecule has 0 aromatic heterocycles. The second kappa shape index (κ2) is 6.64. The van der Waals surface area contributed by atoms with Gasteiger partial charge in [-0.25, -0.2) is 0 Å². The number of carbonyl (C=O) groups is 1. The van der Waals surface area contributed by atoms with Crippen molar-refractivity contribution in [1.29, 1.82) is 0 Å². The Morgan fingerprint density at radius 1 is 1.09 bits per heavy atom. The zero-order valence-electron chi connectivity index (χ0n) is 12.0. The molecule has 0 fully saturated rings. The van der Waals surface area contributed by atoms with Gasteiger partial charge in [0.2, 0.25) is 0 Å². The third-order valence-electron chi connectivity index (χ3n) is 3.27. The maximum atomic E-state index is 12.1. The molecule has 0 atom stereocenters. The molecule has 0 aliphatic carbocycles. The van der Waals surface area contributed by atoms with Gasteiger partial charge in [-0.05, 0) is 24.3 Å². The standard InChI is InChI=1S/C19H15NO2/c21-19(20-12-6-9-15-7-2-1-3-8-15)17-13-16-10-4-5-11-18(16)22-14-17/h1-5,7-8,10-11,13H,12,14H2,(H,20,21). The quantitative estimate of drug-likeness (QED) is 0.863. The maximum Gasteiger partial charge on any atom is 0.251 e. The number of amides is 1. The highest BCUT2D eigenvalue weighted by Crippen LogP contribution is 2.25. The molecular weight excluding hydrogens is 274 g/mol. The van der Waals surface area contributed by atoms with Crippen molar-refractivity contribution < 1.29 is 9.53 Å². The van der Waals surface area contributed by atoms with E-state index in [-0.39, 0.29) is 12.5 Å².